The van der Waals surface area contributed by atoms with E-state index in [1.165, 1.54) is 0 Å². The van der Waals surface area contributed by atoms with Gasteiger partial charge >= 0.3 is 0 Å². The first-order valence-electron chi connectivity index (χ1n) is 8.10. The zero-order valence-corrected chi connectivity index (χ0v) is 15.3. The predicted molar refractivity (Wildman–Crippen MR) is 97.7 cm³/mol. The Morgan fingerprint density at radius 3 is 2.70 bits per heavy atom. The van der Waals surface area contributed by atoms with E-state index in [-0.39, 0.29) is 0 Å². The fourth-order valence-electron chi connectivity index (χ4n) is 2.72. The van der Waals surface area contributed by atoms with Crippen molar-refractivity contribution in [3.05, 3.63) is 33.8 Å². The first-order valence-corrected chi connectivity index (χ1v) is 8.86. The third-order valence-electron chi connectivity index (χ3n) is 3.84. The number of hydrogen-bond donors (Lipinski definition) is 1. The highest BCUT2D eigenvalue weighted by atomic mass is 35.5. The SMILES string of the molecule is CCNC(=NCCc1cc(Cl)cc(Cl)c1)N(C)CC1CCOC1. The van der Waals surface area contributed by atoms with Crippen molar-refractivity contribution in [1.82, 2.24) is 10.2 Å². The average molecular weight is 358 g/mol. The Morgan fingerprint density at radius 2 is 2.09 bits per heavy atom. The largest absolute Gasteiger partial charge is 0.381 e. The Balaban J connectivity index is 1.91. The smallest absolute Gasteiger partial charge is 0.193 e. The van der Waals surface area contributed by atoms with Crippen molar-refractivity contribution in [2.45, 2.75) is 19.8 Å². The van der Waals surface area contributed by atoms with Crippen LogP contribution in [-0.2, 0) is 11.2 Å². The third kappa shape index (κ3) is 6.21. The maximum absolute atomic E-state index is 6.03. The van der Waals surface area contributed by atoms with E-state index in [1.54, 1.807) is 6.07 Å². The van der Waals surface area contributed by atoms with E-state index < -0.39 is 0 Å². The molecular weight excluding hydrogens is 333 g/mol. The zero-order valence-electron chi connectivity index (χ0n) is 13.8. The maximum atomic E-state index is 6.03. The molecule has 6 heteroatoms. The van der Waals surface area contributed by atoms with Crippen LogP contribution in [0, 0.1) is 5.92 Å². The molecule has 1 aliphatic heterocycles. The van der Waals surface area contributed by atoms with Gasteiger partial charge in [-0.2, -0.15) is 0 Å². The summed E-state index contributed by atoms with van der Waals surface area (Å²) in [6.07, 6.45) is 1.94. The lowest BCUT2D eigenvalue weighted by molar-refractivity contribution is 0.181. The van der Waals surface area contributed by atoms with Gasteiger partial charge in [0.25, 0.3) is 0 Å². The van der Waals surface area contributed by atoms with E-state index in [0.29, 0.717) is 22.5 Å². The summed E-state index contributed by atoms with van der Waals surface area (Å²) < 4.78 is 5.45. The van der Waals surface area contributed by atoms with Crippen LogP contribution in [0.5, 0.6) is 0 Å². The van der Waals surface area contributed by atoms with Gasteiger partial charge in [0.2, 0.25) is 0 Å². The molecule has 1 aromatic rings. The number of aliphatic imine (C=N–C) groups is 1. The Hall–Kier alpha value is -0.970. The molecule has 1 aromatic carbocycles. The van der Waals surface area contributed by atoms with Gasteiger partial charge in [0.15, 0.2) is 5.96 Å². The van der Waals surface area contributed by atoms with Crippen LogP contribution in [0.25, 0.3) is 0 Å². The average Bonchev–Trinajstić information content (AvgIpc) is 2.98. The molecule has 1 saturated heterocycles. The minimum Gasteiger partial charge on any atom is -0.381 e. The molecule has 0 saturated carbocycles. The first-order chi connectivity index (χ1) is 11.1. The summed E-state index contributed by atoms with van der Waals surface area (Å²) in [6, 6.07) is 5.63. The zero-order chi connectivity index (χ0) is 16.7. The molecule has 1 aliphatic rings. The summed E-state index contributed by atoms with van der Waals surface area (Å²) in [5, 5.41) is 4.68. The number of nitrogens with one attached hydrogen (secondary N) is 1. The van der Waals surface area contributed by atoms with Gasteiger partial charge in [-0.1, -0.05) is 23.2 Å². The van der Waals surface area contributed by atoms with Crippen molar-refractivity contribution in [2.24, 2.45) is 10.9 Å². The summed E-state index contributed by atoms with van der Waals surface area (Å²) in [7, 11) is 2.08. The molecule has 2 rings (SSSR count). The van der Waals surface area contributed by atoms with Crippen molar-refractivity contribution in [2.75, 3.05) is 39.9 Å². The van der Waals surface area contributed by atoms with Gasteiger partial charge in [0.1, 0.15) is 0 Å². The minimum atomic E-state index is 0.593. The summed E-state index contributed by atoms with van der Waals surface area (Å²) in [6.45, 7) is 6.33. The Kier molecular flexibility index (Phi) is 7.47. The standard InChI is InChI=1S/C17H25Cl2N3O/c1-3-20-17(22(2)11-14-5-7-23-12-14)21-6-4-13-8-15(18)10-16(19)9-13/h8-10,14H,3-7,11-12H2,1-2H3,(H,20,21). The normalized spacial score (nSPS) is 18.3. The molecule has 23 heavy (non-hydrogen) atoms. The molecule has 0 amide bonds. The lowest BCUT2D eigenvalue weighted by atomic mass is 10.1. The number of nitrogens with zero attached hydrogens (tertiary/aromatic N) is 2. The topological polar surface area (TPSA) is 36.9 Å². The number of guanidine groups is 1. The molecule has 0 aliphatic carbocycles. The van der Waals surface area contributed by atoms with E-state index in [1.807, 2.05) is 12.1 Å². The summed E-state index contributed by atoms with van der Waals surface area (Å²) in [5.74, 6) is 1.53. The van der Waals surface area contributed by atoms with Gasteiger partial charge in [-0.25, -0.2) is 0 Å². The van der Waals surface area contributed by atoms with E-state index in [0.717, 1.165) is 50.7 Å². The number of rotatable bonds is 6. The van der Waals surface area contributed by atoms with E-state index >= 15 is 0 Å². The lowest BCUT2D eigenvalue weighted by Crippen LogP contribution is -2.41. The highest BCUT2D eigenvalue weighted by Crippen LogP contribution is 2.19. The van der Waals surface area contributed by atoms with Crippen LogP contribution in [0.4, 0.5) is 0 Å². The predicted octanol–water partition coefficient (Wildman–Crippen LogP) is 3.47. The van der Waals surface area contributed by atoms with Crippen LogP contribution in [0.2, 0.25) is 10.0 Å². The van der Waals surface area contributed by atoms with Gasteiger partial charge in [-0.3, -0.25) is 4.99 Å². The molecule has 1 fully saturated rings. The maximum Gasteiger partial charge on any atom is 0.193 e. The molecule has 0 radical (unpaired) electrons. The van der Waals surface area contributed by atoms with Crippen molar-refractivity contribution in [3.8, 4) is 0 Å². The van der Waals surface area contributed by atoms with Crippen LogP contribution in [-0.4, -0.2) is 50.8 Å². The number of ether oxygens (including phenoxy) is 1. The fourth-order valence-corrected chi connectivity index (χ4v) is 3.29. The van der Waals surface area contributed by atoms with Crippen molar-refractivity contribution in [3.63, 3.8) is 0 Å². The summed E-state index contributed by atoms with van der Waals surface area (Å²) >= 11 is 12.1. The Labute approximate surface area is 148 Å². The van der Waals surface area contributed by atoms with Gasteiger partial charge in [0, 0.05) is 49.3 Å². The molecule has 0 spiro atoms. The molecular formula is C17H25Cl2N3O. The monoisotopic (exact) mass is 357 g/mol. The minimum absolute atomic E-state index is 0.593. The molecule has 0 aromatic heterocycles. The van der Waals surface area contributed by atoms with Gasteiger partial charge < -0.3 is 15.0 Å². The summed E-state index contributed by atoms with van der Waals surface area (Å²) in [4.78, 5) is 6.90. The van der Waals surface area contributed by atoms with Crippen molar-refractivity contribution >= 4 is 29.2 Å². The Bertz CT molecular complexity index is 510. The first kappa shape index (κ1) is 18.4. The molecule has 128 valence electrons. The molecule has 1 N–H and O–H groups in total. The van der Waals surface area contributed by atoms with Crippen molar-refractivity contribution in [1.29, 1.82) is 0 Å². The van der Waals surface area contributed by atoms with E-state index in [9.17, 15) is 0 Å². The van der Waals surface area contributed by atoms with Crippen molar-refractivity contribution < 1.29 is 4.74 Å². The molecule has 1 unspecified atom stereocenters. The van der Waals surface area contributed by atoms with Crippen LogP contribution in [0.3, 0.4) is 0 Å². The summed E-state index contributed by atoms with van der Waals surface area (Å²) in [5.41, 5.74) is 1.11. The fraction of sp³-hybridized carbons (Fsp3) is 0.588. The van der Waals surface area contributed by atoms with Gasteiger partial charge in [0.05, 0.1) is 6.61 Å². The van der Waals surface area contributed by atoms with Crippen LogP contribution < -0.4 is 5.32 Å². The molecule has 4 nitrogen and oxygen atoms in total. The van der Waals surface area contributed by atoms with Crippen LogP contribution >= 0.6 is 23.2 Å². The molecule has 0 bridgehead atoms. The highest BCUT2D eigenvalue weighted by Gasteiger charge is 2.18. The van der Waals surface area contributed by atoms with Crippen LogP contribution in [0.15, 0.2) is 23.2 Å². The number of benzene rings is 1. The van der Waals surface area contributed by atoms with E-state index in [2.05, 4.69) is 24.2 Å². The Morgan fingerprint density at radius 1 is 1.35 bits per heavy atom. The van der Waals surface area contributed by atoms with E-state index in [4.69, 9.17) is 32.9 Å². The lowest BCUT2D eigenvalue weighted by Gasteiger charge is -2.24. The second kappa shape index (κ2) is 9.36. The van der Waals surface area contributed by atoms with Gasteiger partial charge in [-0.15, -0.1) is 0 Å². The van der Waals surface area contributed by atoms with Gasteiger partial charge in [-0.05, 0) is 43.5 Å². The molecule has 1 atom stereocenters. The quantitative estimate of drug-likeness (QED) is 0.625. The van der Waals surface area contributed by atoms with Crippen LogP contribution in [0.1, 0.15) is 18.9 Å². The number of hydrogen-bond acceptors (Lipinski definition) is 2. The second-order valence-electron chi connectivity index (χ2n) is 5.87. The third-order valence-corrected chi connectivity index (χ3v) is 4.27. The number of halogens is 2. The highest BCUT2D eigenvalue weighted by molar-refractivity contribution is 6.34. The molecule has 1 heterocycles. The second-order valence-corrected chi connectivity index (χ2v) is 6.75.